The van der Waals surface area contributed by atoms with Crippen molar-refractivity contribution in [3.63, 3.8) is 0 Å². The lowest BCUT2D eigenvalue weighted by Gasteiger charge is -2.05. The topological polar surface area (TPSA) is 82.7 Å². The first kappa shape index (κ1) is 20.7. The maximum atomic E-state index is 13.4. The molecule has 1 amide bonds. The molecule has 6 nitrogen and oxygen atoms in total. The van der Waals surface area contributed by atoms with Crippen LogP contribution in [-0.2, 0) is 0 Å². The van der Waals surface area contributed by atoms with Crippen molar-refractivity contribution in [1.29, 1.82) is 0 Å². The molecule has 4 rings (SSSR count). The van der Waals surface area contributed by atoms with E-state index in [1.807, 2.05) is 24.3 Å². The van der Waals surface area contributed by atoms with E-state index < -0.39 is 0 Å². The highest BCUT2D eigenvalue weighted by Gasteiger charge is 2.20. The highest BCUT2D eigenvalue weighted by Crippen LogP contribution is 2.28. The second-order valence-electron chi connectivity index (χ2n) is 6.96. The molecule has 158 valence electrons. The second kappa shape index (κ2) is 9.53. The van der Waals surface area contributed by atoms with Gasteiger partial charge in [0.15, 0.2) is 10.8 Å². The van der Waals surface area contributed by atoms with Gasteiger partial charge in [-0.3, -0.25) is 10.1 Å². The van der Waals surface area contributed by atoms with E-state index in [-0.39, 0.29) is 17.4 Å². The molecule has 0 aliphatic rings. The molecule has 2 aromatic heterocycles. The van der Waals surface area contributed by atoms with Crippen molar-refractivity contribution in [1.82, 2.24) is 15.0 Å². The van der Waals surface area contributed by atoms with Gasteiger partial charge in [-0.15, -0.1) is 11.3 Å². The number of imidazole rings is 1. The molecule has 0 fully saturated rings. The quantitative estimate of drug-likeness (QED) is 0.305. The molecule has 0 saturated carbocycles. The van der Waals surface area contributed by atoms with Gasteiger partial charge in [0.05, 0.1) is 5.69 Å². The summed E-state index contributed by atoms with van der Waals surface area (Å²) in [5, 5.41) is 8.41. The molecule has 4 aromatic rings. The van der Waals surface area contributed by atoms with Crippen LogP contribution in [0.15, 0.2) is 60.1 Å². The van der Waals surface area contributed by atoms with Crippen molar-refractivity contribution in [2.24, 2.45) is 0 Å². The van der Waals surface area contributed by atoms with E-state index in [1.54, 1.807) is 23.7 Å². The smallest absolute Gasteiger partial charge is 0.278 e. The molecule has 0 saturated heterocycles. The molecule has 0 atom stereocenters. The minimum Gasteiger partial charge on any atom is -0.385 e. The van der Waals surface area contributed by atoms with Crippen molar-refractivity contribution < 1.29 is 9.18 Å². The Kier molecular flexibility index (Phi) is 6.37. The maximum absolute atomic E-state index is 13.4. The van der Waals surface area contributed by atoms with Crippen LogP contribution in [0, 0.1) is 5.82 Å². The van der Waals surface area contributed by atoms with Gasteiger partial charge in [-0.2, -0.15) is 0 Å². The molecule has 0 radical (unpaired) electrons. The first-order chi connectivity index (χ1) is 15.1. The van der Waals surface area contributed by atoms with Gasteiger partial charge in [0.1, 0.15) is 11.6 Å². The summed E-state index contributed by atoms with van der Waals surface area (Å²) in [6.45, 7) is 3.08. The molecular weight excluding hydrogens is 413 g/mol. The summed E-state index contributed by atoms with van der Waals surface area (Å²) >= 11 is 1.32. The molecule has 8 heteroatoms. The van der Waals surface area contributed by atoms with Crippen molar-refractivity contribution in [2.45, 2.75) is 19.8 Å². The van der Waals surface area contributed by atoms with Gasteiger partial charge in [0.25, 0.3) is 5.91 Å². The van der Waals surface area contributed by atoms with Gasteiger partial charge >= 0.3 is 0 Å². The van der Waals surface area contributed by atoms with Crippen molar-refractivity contribution in [2.75, 3.05) is 17.2 Å². The number of amides is 1. The largest absolute Gasteiger partial charge is 0.385 e. The van der Waals surface area contributed by atoms with Crippen LogP contribution in [0.25, 0.3) is 22.6 Å². The fraction of sp³-hybridized carbons (Fsp3) is 0.174. The molecular formula is C23H22FN5OS. The van der Waals surface area contributed by atoms with E-state index in [2.05, 4.69) is 32.5 Å². The number of aromatic nitrogens is 3. The third kappa shape index (κ3) is 4.97. The summed E-state index contributed by atoms with van der Waals surface area (Å²) in [4.78, 5) is 24.8. The Labute approximate surface area is 183 Å². The molecule has 0 bridgehead atoms. The lowest BCUT2D eigenvalue weighted by Crippen LogP contribution is -2.13. The fourth-order valence-electron chi connectivity index (χ4n) is 3.10. The molecule has 3 N–H and O–H groups in total. The average molecular weight is 436 g/mol. The molecule has 0 aliphatic heterocycles. The highest BCUT2D eigenvalue weighted by molar-refractivity contribution is 7.13. The predicted octanol–water partition coefficient (Wildman–Crippen LogP) is 5.80. The Morgan fingerprint density at radius 3 is 2.52 bits per heavy atom. The molecule has 0 spiro atoms. The monoisotopic (exact) mass is 435 g/mol. The number of aromatic amines is 1. The molecule has 0 unspecified atom stereocenters. The van der Waals surface area contributed by atoms with Crippen molar-refractivity contribution >= 4 is 28.1 Å². The summed E-state index contributed by atoms with van der Waals surface area (Å²) in [7, 11) is 0. The number of carbonyl (C=O) groups is 1. The minimum absolute atomic E-state index is 0.224. The Bertz CT molecular complexity index is 1140. The number of unbranched alkanes of at least 4 members (excludes halogenated alkanes) is 1. The number of H-pyrrole nitrogens is 1. The SMILES string of the molecule is CCCCNc1ccc(-c2nc(C(=O)Nc3nccs3)c(-c3ccc(F)cc3)[nH]2)cc1. The summed E-state index contributed by atoms with van der Waals surface area (Å²) in [5.41, 5.74) is 3.29. The van der Waals surface area contributed by atoms with Gasteiger partial charge in [-0.1, -0.05) is 13.3 Å². The lowest BCUT2D eigenvalue weighted by atomic mass is 10.1. The Morgan fingerprint density at radius 1 is 1.10 bits per heavy atom. The van der Waals surface area contributed by atoms with Gasteiger partial charge in [-0.05, 0) is 55.0 Å². The summed E-state index contributed by atoms with van der Waals surface area (Å²) in [5.74, 6) is -0.165. The Hall–Kier alpha value is -3.52. The maximum Gasteiger partial charge on any atom is 0.278 e. The molecule has 2 aromatic carbocycles. The Balaban J connectivity index is 1.65. The molecule has 2 heterocycles. The van der Waals surface area contributed by atoms with Crippen LogP contribution in [0.2, 0.25) is 0 Å². The average Bonchev–Trinajstić information content (AvgIpc) is 3.45. The Morgan fingerprint density at radius 2 is 1.84 bits per heavy atom. The standard InChI is InChI=1S/C23H22FN5OS/c1-2-3-12-25-18-10-6-16(7-11-18)21-27-19(15-4-8-17(24)9-5-15)20(28-21)22(30)29-23-26-13-14-31-23/h4-11,13-14,25H,2-3,12H2,1H3,(H,27,28)(H,26,29,30). The van der Waals surface area contributed by atoms with Crippen molar-refractivity contribution in [3.05, 3.63) is 71.6 Å². The fourth-order valence-corrected chi connectivity index (χ4v) is 3.62. The zero-order chi connectivity index (χ0) is 21.6. The summed E-state index contributed by atoms with van der Waals surface area (Å²) < 4.78 is 13.4. The zero-order valence-electron chi connectivity index (χ0n) is 17.0. The predicted molar refractivity (Wildman–Crippen MR) is 123 cm³/mol. The van der Waals surface area contributed by atoms with Crippen LogP contribution in [0.3, 0.4) is 0 Å². The van der Waals surface area contributed by atoms with Crippen LogP contribution in [0.4, 0.5) is 15.2 Å². The number of thiazole rings is 1. The van der Waals surface area contributed by atoms with Crippen LogP contribution in [0.1, 0.15) is 30.3 Å². The summed E-state index contributed by atoms with van der Waals surface area (Å²) in [6.07, 6.45) is 3.86. The number of hydrogen-bond donors (Lipinski definition) is 3. The third-order valence-corrected chi connectivity index (χ3v) is 5.41. The molecule has 0 aliphatic carbocycles. The van der Waals surface area contributed by atoms with Gasteiger partial charge in [0.2, 0.25) is 0 Å². The number of anilines is 2. The van der Waals surface area contributed by atoms with E-state index in [4.69, 9.17) is 0 Å². The van der Waals surface area contributed by atoms with Crippen LogP contribution in [-0.4, -0.2) is 27.4 Å². The van der Waals surface area contributed by atoms with Crippen LogP contribution >= 0.6 is 11.3 Å². The second-order valence-corrected chi connectivity index (χ2v) is 7.86. The van der Waals surface area contributed by atoms with E-state index in [0.717, 1.165) is 30.6 Å². The van der Waals surface area contributed by atoms with E-state index in [1.165, 1.54) is 23.5 Å². The lowest BCUT2D eigenvalue weighted by molar-refractivity contribution is 0.102. The number of nitrogens with zero attached hydrogens (tertiary/aromatic N) is 2. The zero-order valence-corrected chi connectivity index (χ0v) is 17.8. The molecule has 31 heavy (non-hydrogen) atoms. The van der Waals surface area contributed by atoms with E-state index >= 15 is 0 Å². The number of carbonyl (C=O) groups excluding carboxylic acids is 1. The van der Waals surface area contributed by atoms with E-state index in [9.17, 15) is 9.18 Å². The first-order valence-corrected chi connectivity index (χ1v) is 10.9. The van der Waals surface area contributed by atoms with Gasteiger partial charge in [0, 0.05) is 34.9 Å². The van der Waals surface area contributed by atoms with Gasteiger partial charge in [-0.25, -0.2) is 14.4 Å². The van der Waals surface area contributed by atoms with Crippen molar-refractivity contribution in [3.8, 4) is 22.6 Å². The normalized spacial score (nSPS) is 10.8. The minimum atomic E-state index is -0.380. The first-order valence-electron chi connectivity index (χ1n) is 10.0. The number of rotatable bonds is 8. The highest BCUT2D eigenvalue weighted by atomic mass is 32.1. The van der Waals surface area contributed by atoms with Crippen LogP contribution in [0.5, 0.6) is 0 Å². The number of nitrogens with one attached hydrogen (secondary N) is 3. The number of hydrogen-bond acceptors (Lipinski definition) is 5. The summed E-state index contributed by atoms with van der Waals surface area (Å²) in [6, 6.07) is 13.8. The number of halogens is 1. The third-order valence-electron chi connectivity index (χ3n) is 4.72. The number of benzene rings is 2. The van der Waals surface area contributed by atoms with E-state index in [0.29, 0.717) is 22.2 Å². The van der Waals surface area contributed by atoms with Gasteiger partial charge < -0.3 is 10.3 Å². The van der Waals surface area contributed by atoms with Crippen LogP contribution < -0.4 is 10.6 Å².